The van der Waals surface area contributed by atoms with E-state index in [0.717, 1.165) is 0 Å². The van der Waals surface area contributed by atoms with Crippen molar-refractivity contribution in [1.82, 2.24) is 4.57 Å². The quantitative estimate of drug-likeness (QED) is 0.150. The fourth-order valence-electron chi connectivity index (χ4n) is 5.87. The molecule has 0 spiro atoms. The number of aryl methyl sites for hydroxylation is 2. The van der Waals surface area contributed by atoms with E-state index >= 15 is 0 Å². The van der Waals surface area contributed by atoms with Crippen molar-refractivity contribution in [3.8, 4) is 15.8 Å². The molecule has 4 aromatic carbocycles. The predicted molar refractivity (Wildman–Crippen MR) is 159 cm³/mol. The molecule has 4 heteroatoms. The average Bonchev–Trinajstić information content (AvgIpc) is 3.58. The van der Waals surface area contributed by atoms with Gasteiger partial charge in [0.1, 0.15) is 0 Å². The van der Waals surface area contributed by atoms with E-state index in [2.05, 4.69) is 126 Å². The van der Waals surface area contributed by atoms with Crippen LogP contribution in [-0.2, 0) is 7.05 Å². The summed E-state index contributed by atoms with van der Waals surface area (Å²) in [5, 5.41) is 6.72. The molecule has 0 aliphatic carbocycles. The van der Waals surface area contributed by atoms with Gasteiger partial charge in [-0.25, -0.2) is 0 Å². The van der Waals surface area contributed by atoms with Gasteiger partial charge in [-0.3, -0.25) is 0 Å². The summed E-state index contributed by atoms with van der Waals surface area (Å²) in [6, 6.07) is 35.7. The number of para-hydroxylation sites is 2. The first kappa shape index (κ1) is 21.4. The van der Waals surface area contributed by atoms with Gasteiger partial charge in [0.05, 0.1) is 0 Å². The van der Waals surface area contributed by atoms with Crippen LogP contribution in [0.2, 0.25) is 0 Å². The summed E-state index contributed by atoms with van der Waals surface area (Å²) in [6.45, 7) is 2.30. The van der Waals surface area contributed by atoms with Crippen LogP contribution in [0.5, 0.6) is 0 Å². The molecular weight excluding hydrogens is 535 g/mol. The van der Waals surface area contributed by atoms with Crippen LogP contribution in [0, 0.1) is 6.92 Å². The van der Waals surface area contributed by atoms with E-state index in [1.165, 1.54) is 73.0 Å². The number of hydrogen-bond acceptors (Lipinski definition) is 1. The van der Waals surface area contributed by atoms with Gasteiger partial charge in [0.15, 0.2) is 0 Å². The number of nitrogens with zero attached hydrogens (tertiary/aromatic N) is 2. The van der Waals surface area contributed by atoms with Gasteiger partial charge in [-0.2, -0.15) is 0 Å². The number of thiophene rings is 1. The third-order valence-corrected chi connectivity index (χ3v) is 11.5. The number of fused-ring (bicyclic) bond motifs is 7. The molecule has 0 atom stereocenters. The zero-order valence-corrected chi connectivity index (χ0v) is 23.1. The maximum atomic E-state index is 2.42. The molecule has 0 amide bonds. The Morgan fingerprint density at radius 3 is 2.11 bits per heavy atom. The molecular formula is C33H23N2SSe+. The van der Waals surface area contributed by atoms with Crippen LogP contribution >= 0.6 is 11.3 Å². The first-order valence-corrected chi connectivity index (χ1v) is 15.0. The molecule has 4 aromatic heterocycles. The summed E-state index contributed by atoms with van der Waals surface area (Å²) in [6.07, 6.45) is 2.24. The fourth-order valence-corrected chi connectivity index (χ4v) is 10.1. The predicted octanol–water partition coefficient (Wildman–Crippen LogP) is 8.16. The third kappa shape index (κ3) is 3.01. The van der Waals surface area contributed by atoms with Crippen molar-refractivity contribution in [1.29, 1.82) is 0 Å². The zero-order valence-electron chi connectivity index (χ0n) is 20.5. The number of benzene rings is 4. The van der Waals surface area contributed by atoms with Gasteiger partial charge in [-0.05, 0) is 0 Å². The molecule has 4 heterocycles. The van der Waals surface area contributed by atoms with Gasteiger partial charge in [0.25, 0.3) is 0 Å². The Kier molecular flexibility index (Phi) is 4.57. The Morgan fingerprint density at radius 2 is 1.38 bits per heavy atom. The van der Waals surface area contributed by atoms with Crippen molar-refractivity contribution in [3.05, 3.63) is 109 Å². The first-order chi connectivity index (χ1) is 18.2. The Hall–Kier alpha value is -3.69. The van der Waals surface area contributed by atoms with Gasteiger partial charge in [-0.15, -0.1) is 0 Å². The Bertz CT molecular complexity index is 2120. The molecule has 0 unspecified atom stereocenters. The topological polar surface area (TPSA) is 8.81 Å². The number of rotatable bonds is 2. The summed E-state index contributed by atoms with van der Waals surface area (Å²) in [5.41, 5.74) is 6.54. The van der Waals surface area contributed by atoms with E-state index in [4.69, 9.17) is 0 Å². The second-order valence-corrected chi connectivity index (χ2v) is 13.0. The summed E-state index contributed by atoms with van der Waals surface area (Å²) >= 11 is 2.25. The Labute approximate surface area is 224 Å². The van der Waals surface area contributed by atoms with Crippen LogP contribution in [0.3, 0.4) is 0 Å². The molecule has 37 heavy (non-hydrogen) atoms. The standard InChI is InChI=1S/C33H23N2SSe/c1-20-22-9-5-8-14-30(22)37-33(20)31-32-26(17-18-34(31)2)25-16-15-21(19-29(25)36-32)35-27-12-6-3-10-23(27)24-11-4-7-13-28(24)35/h3-19H,1-2H3/q+1. The summed E-state index contributed by atoms with van der Waals surface area (Å²) in [5.74, 6) is 0. The van der Waals surface area contributed by atoms with Crippen molar-refractivity contribution in [3.63, 3.8) is 0 Å². The normalized spacial score (nSPS) is 12.1. The van der Waals surface area contributed by atoms with Crippen LogP contribution in [0.25, 0.3) is 67.4 Å². The van der Waals surface area contributed by atoms with Gasteiger partial charge in [0.2, 0.25) is 0 Å². The molecule has 0 saturated carbocycles. The first-order valence-electron chi connectivity index (χ1n) is 12.5. The fraction of sp³-hybridized carbons (Fsp3) is 0.0606. The van der Waals surface area contributed by atoms with Crippen molar-refractivity contribution < 1.29 is 4.57 Å². The SMILES string of the molecule is Cc1c(-c2c3sc4cc(-n5c6ccccc6c6ccccc65)ccc4c3cc[n+]2C)[se]c2ccccc12. The average molecular weight is 559 g/mol. The van der Waals surface area contributed by atoms with E-state index < -0.39 is 0 Å². The number of pyridine rings is 1. The van der Waals surface area contributed by atoms with E-state index in [1.807, 2.05) is 11.3 Å². The third-order valence-electron chi connectivity index (χ3n) is 7.64. The van der Waals surface area contributed by atoms with Crippen molar-refractivity contribution in [2.24, 2.45) is 7.05 Å². The van der Waals surface area contributed by atoms with E-state index in [1.54, 1.807) is 0 Å². The summed E-state index contributed by atoms with van der Waals surface area (Å²) in [4.78, 5) is 0. The number of hydrogen-bond donors (Lipinski definition) is 0. The van der Waals surface area contributed by atoms with E-state index in [0.29, 0.717) is 14.5 Å². The Morgan fingerprint density at radius 1 is 0.703 bits per heavy atom. The van der Waals surface area contributed by atoms with Crippen molar-refractivity contribution in [2.75, 3.05) is 0 Å². The van der Waals surface area contributed by atoms with E-state index in [-0.39, 0.29) is 0 Å². The van der Waals surface area contributed by atoms with Gasteiger partial charge < -0.3 is 0 Å². The molecule has 0 radical (unpaired) electrons. The van der Waals surface area contributed by atoms with Gasteiger partial charge in [-0.1, -0.05) is 0 Å². The molecule has 0 aliphatic heterocycles. The maximum absolute atomic E-state index is 2.42. The Balaban J connectivity index is 1.41. The summed E-state index contributed by atoms with van der Waals surface area (Å²) < 4.78 is 10.5. The van der Waals surface area contributed by atoms with Gasteiger partial charge >= 0.3 is 225 Å². The van der Waals surface area contributed by atoms with Crippen LogP contribution in [0.1, 0.15) is 5.56 Å². The van der Waals surface area contributed by atoms with Crippen LogP contribution in [-0.4, -0.2) is 19.1 Å². The zero-order chi connectivity index (χ0) is 24.7. The van der Waals surface area contributed by atoms with Crippen molar-refractivity contribution in [2.45, 2.75) is 6.92 Å². The molecule has 2 nitrogen and oxygen atoms in total. The second kappa shape index (κ2) is 7.90. The van der Waals surface area contributed by atoms with Crippen LogP contribution < -0.4 is 4.57 Å². The summed E-state index contributed by atoms with van der Waals surface area (Å²) in [7, 11) is 2.20. The van der Waals surface area contributed by atoms with Crippen molar-refractivity contribution >= 4 is 77.5 Å². The molecule has 0 bridgehead atoms. The minimum absolute atomic E-state index is 0.316. The molecule has 0 aliphatic rings. The molecule has 0 N–H and O–H groups in total. The van der Waals surface area contributed by atoms with E-state index in [9.17, 15) is 0 Å². The molecule has 176 valence electrons. The molecule has 8 rings (SSSR count). The van der Waals surface area contributed by atoms with Crippen LogP contribution in [0.4, 0.5) is 0 Å². The number of aromatic nitrogens is 2. The molecule has 0 fully saturated rings. The van der Waals surface area contributed by atoms with Gasteiger partial charge in [0, 0.05) is 0 Å². The second-order valence-electron chi connectivity index (χ2n) is 9.72. The monoisotopic (exact) mass is 559 g/mol. The molecule has 0 saturated heterocycles. The minimum atomic E-state index is 0.316. The molecule has 8 aromatic rings. The van der Waals surface area contributed by atoms with Crippen LogP contribution in [0.15, 0.2) is 103 Å².